The van der Waals surface area contributed by atoms with Crippen LogP contribution in [0.3, 0.4) is 0 Å². The van der Waals surface area contributed by atoms with Crippen molar-refractivity contribution in [3.05, 3.63) is 70.8 Å². The van der Waals surface area contributed by atoms with Crippen LogP contribution in [-0.4, -0.2) is 18.5 Å². The van der Waals surface area contributed by atoms with E-state index in [9.17, 15) is 0 Å². The van der Waals surface area contributed by atoms with Crippen molar-refractivity contribution in [3.8, 4) is 0 Å². The van der Waals surface area contributed by atoms with E-state index >= 15 is 0 Å². The highest BCUT2D eigenvalue weighted by Crippen LogP contribution is 2.33. The van der Waals surface area contributed by atoms with Gasteiger partial charge in [-0.15, -0.1) is 0 Å². The zero-order valence-electron chi connectivity index (χ0n) is 11.1. The fraction of sp³-hybridized carbons (Fsp3) is 0.294. The fourth-order valence-electron chi connectivity index (χ4n) is 2.87. The van der Waals surface area contributed by atoms with E-state index in [1.807, 2.05) is 0 Å². The lowest BCUT2D eigenvalue weighted by Gasteiger charge is -2.35. The number of aryl methyl sites for hydroxylation is 1. The number of nitrogens with zero attached hydrogens (tertiary/aromatic N) is 1. The predicted octanol–water partition coefficient (Wildman–Crippen LogP) is 3.57. The lowest BCUT2D eigenvalue weighted by Crippen LogP contribution is -2.32. The van der Waals surface area contributed by atoms with E-state index in [4.69, 9.17) is 0 Å². The molecule has 1 aliphatic rings. The molecule has 92 valence electrons. The van der Waals surface area contributed by atoms with Gasteiger partial charge in [0.1, 0.15) is 0 Å². The van der Waals surface area contributed by atoms with Crippen LogP contribution in [0, 0.1) is 6.92 Å². The van der Waals surface area contributed by atoms with Gasteiger partial charge in [0.15, 0.2) is 0 Å². The first kappa shape index (κ1) is 11.5. The molecule has 0 spiro atoms. The van der Waals surface area contributed by atoms with Gasteiger partial charge in [-0.25, -0.2) is 0 Å². The zero-order chi connectivity index (χ0) is 12.5. The lowest BCUT2D eigenvalue weighted by molar-refractivity contribution is 0.265. The fourth-order valence-corrected chi connectivity index (χ4v) is 2.87. The largest absolute Gasteiger partial charge is 0.295 e. The molecule has 2 aromatic rings. The molecule has 1 atom stereocenters. The predicted molar refractivity (Wildman–Crippen MR) is 75.8 cm³/mol. The molecule has 1 heterocycles. The van der Waals surface area contributed by atoms with Crippen molar-refractivity contribution in [1.82, 2.24) is 4.90 Å². The Bertz CT molecular complexity index is 542. The third kappa shape index (κ3) is 1.95. The Morgan fingerprint density at radius 2 is 1.72 bits per heavy atom. The Balaban J connectivity index is 2.07. The summed E-state index contributed by atoms with van der Waals surface area (Å²) in [6.07, 6.45) is 1.16. The molecule has 0 aromatic heterocycles. The van der Waals surface area contributed by atoms with Crippen LogP contribution in [0.5, 0.6) is 0 Å². The first-order valence-electron chi connectivity index (χ1n) is 6.60. The smallest absolute Gasteiger partial charge is 0.0602 e. The first-order chi connectivity index (χ1) is 8.75. The second-order valence-electron chi connectivity index (χ2n) is 5.24. The SMILES string of the molecule is Cc1ccc(C2c3ccccc3CCN2C)cc1. The van der Waals surface area contributed by atoms with Gasteiger partial charge >= 0.3 is 0 Å². The number of benzene rings is 2. The van der Waals surface area contributed by atoms with Crippen LogP contribution in [0.25, 0.3) is 0 Å². The molecule has 0 fully saturated rings. The number of likely N-dealkylation sites (N-methyl/N-ethyl adjacent to an activating group) is 1. The van der Waals surface area contributed by atoms with E-state index in [-0.39, 0.29) is 0 Å². The molecule has 18 heavy (non-hydrogen) atoms. The molecular weight excluding hydrogens is 218 g/mol. The van der Waals surface area contributed by atoms with Crippen molar-refractivity contribution in [3.63, 3.8) is 0 Å². The van der Waals surface area contributed by atoms with Gasteiger partial charge in [-0.1, -0.05) is 54.1 Å². The number of fused-ring (bicyclic) bond motifs is 1. The highest BCUT2D eigenvalue weighted by Gasteiger charge is 2.25. The van der Waals surface area contributed by atoms with Gasteiger partial charge < -0.3 is 0 Å². The van der Waals surface area contributed by atoms with Crippen LogP contribution in [0.4, 0.5) is 0 Å². The Hall–Kier alpha value is -1.60. The third-order valence-corrected chi connectivity index (χ3v) is 3.92. The number of hydrogen-bond donors (Lipinski definition) is 0. The Kier molecular flexibility index (Phi) is 2.92. The summed E-state index contributed by atoms with van der Waals surface area (Å²) in [5.41, 5.74) is 5.69. The molecular formula is C17H19N. The highest BCUT2D eigenvalue weighted by molar-refractivity contribution is 5.40. The molecule has 0 radical (unpaired) electrons. The molecule has 0 aliphatic carbocycles. The van der Waals surface area contributed by atoms with Crippen molar-refractivity contribution in [2.24, 2.45) is 0 Å². The van der Waals surface area contributed by atoms with Crippen molar-refractivity contribution < 1.29 is 0 Å². The van der Waals surface area contributed by atoms with Crippen LogP contribution >= 0.6 is 0 Å². The average Bonchev–Trinajstić information content (AvgIpc) is 2.40. The maximum absolute atomic E-state index is 2.45. The summed E-state index contributed by atoms with van der Waals surface area (Å²) in [6.45, 7) is 3.28. The molecule has 0 saturated heterocycles. The maximum Gasteiger partial charge on any atom is 0.0602 e. The van der Waals surface area contributed by atoms with Crippen LogP contribution in [0.1, 0.15) is 28.3 Å². The number of hydrogen-bond acceptors (Lipinski definition) is 1. The molecule has 1 aliphatic heterocycles. The topological polar surface area (TPSA) is 3.24 Å². The molecule has 1 nitrogen and oxygen atoms in total. The van der Waals surface area contributed by atoms with Crippen LogP contribution < -0.4 is 0 Å². The summed E-state index contributed by atoms with van der Waals surface area (Å²) in [7, 11) is 2.22. The van der Waals surface area contributed by atoms with E-state index in [0.29, 0.717) is 6.04 Å². The minimum absolute atomic E-state index is 0.413. The summed E-state index contributed by atoms with van der Waals surface area (Å²) in [5.74, 6) is 0. The van der Waals surface area contributed by atoms with Gasteiger partial charge in [0, 0.05) is 6.54 Å². The van der Waals surface area contributed by atoms with Crippen LogP contribution in [-0.2, 0) is 6.42 Å². The van der Waals surface area contributed by atoms with Crippen LogP contribution in [0.2, 0.25) is 0 Å². The van der Waals surface area contributed by atoms with Gasteiger partial charge in [-0.2, -0.15) is 0 Å². The van der Waals surface area contributed by atoms with Gasteiger partial charge in [0.05, 0.1) is 6.04 Å². The molecule has 2 aromatic carbocycles. The highest BCUT2D eigenvalue weighted by atomic mass is 15.1. The maximum atomic E-state index is 2.45. The summed E-state index contributed by atoms with van der Waals surface area (Å²) < 4.78 is 0. The third-order valence-electron chi connectivity index (χ3n) is 3.92. The second-order valence-corrected chi connectivity index (χ2v) is 5.24. The van der Waals surface area contributed by atoms with E-state index in [2.05, 4.69) is 67.4 Å². The van der Waals surface area contributed by atoms with Crippen LogP contribution in [0.15, 0.2) is 48.5 Å². The monoisotopic (exact) mass is 237 g/mol. The molecule has 0 amide bonds. The van der Waals surface area contributed by atoms with Gasteiger partial charge in [0.2, 0.25) is 0 Å². The van der Waals surface area contributed by atoms with Crippen molar-refractivity contribution in [1.29, 1.82) is 0 Å². The lowest BCUT2D eigenvalue weighted by atomic mass is 9.88. The standard InChI is InChI=1S/C17H19N/c1-13-7-9-15(10-8-13)17-16-6-4-3-5-14(16)11-12-18(17)2/h3-10,17H,11-12H2,1-2H3. The van der Waals surface area contributed by atoms with E-state index in [0.717, 1.165) is 13.0 Å². The van der Waals surface area contributed by atoms with Gasteiger partial charge in [-0.3, -0.25) is 4.90 Å². The van der Waals surface area contributed by atoms with Gasteiger partial charge in [0.25, 0.3) is 0 Å². The molecule has 3 rings (SSSR count). The molecule has 1 heteroatoms. The van der Waals surface area contributed by atoms with Crippen molar-refractivity contribution in [2.45, 2.75) is 19.4 Å². The van der Waals surface area contributed by atoms with Crippen molar-refractivity contribution >= 4 is 0 Å². The first-order valence-corrected chi connectivity index (χ1v) is 6.60. The van der Waals surface area contributed by atoms with E-state index in [1.165, 1.54) is 22.3 Å². The summed E-state index contributed by atoms with van der Waals surface area (Å²) in [5, 5.41) is 0. The minimum atomic E-state index is 0.413. The second kappa shape index (κ2) is 4.58. The molecule has 0 saturated carbocycles. The quantitative estimate of drug-likeness (QED) is 0.733. The summed E-state index contributed by atoms with van der Waals surface area (Å²) in [6, 6.07) is 18.2. The van der Waals surface area contributed by atoms with E-state index in [1.54, 1.807) is 0 Å². The van der Waals surface area contributed by atoms with Crippen molar-refractivity contribution in [2.75, 3.05) is 13.6 Å². The average molecular weight is 237 g/mol. The molecule has 0 N–H and O–H groups in total. The number of rotatable bonds is 1. The zero-order valence-corrected chi connectivity index (χ0v) is 11.1. The molecule has 1 unspecified atom stereocenters. The normalized spacial score (nSPS) is 19.6. The van der Waals surface area contributed by atoms with E-state index < -0.39 is 0 Å². The Morgan fingerprint density at radius 3 is 2.50 bits per heavy atom. The summed E-state index contributed by atoms with van der Waals surface area (Å²) >= 11 is 0. The Morgan fingerprint density at radius 1 is 1.00 bits per heavy atom. The minimum Gasteiger partial charge on any atom is -0.295 e. The Labute approximate surface area is 109 Å². The summed E-state index contributed by atoms with van der Waals surface area (Å²) in [4.78, 5) is 2.45. The van der Waals surface area contributed by atoms with Gasteiger partial charge in [-0.05, 0) is 37.1 Å². The molecule has 0 bridgehead atoms.